The molecule has 0 unspecified atom stereocenters. The number of nitrogens with one attached hydrogen (secondary N) is 1. The minimum absolute atomic E-state index is 0.108. The summed E-state index contributed by atoms with van der Waals surface area (Å²) in [5, 5.41) is 5.22. The molecule has 0 aliphatic carbocycles. The van der Waals surface area contributed by atoms with Gasteiger partial charge in [-0.25, -0.2) is 9.59 Å². The number of benzene rings is 2. The molecule has 2 heterocycles. The second-order valence-corrected chi connectivity index (χ2v) is 7.53. The molecule has 0 spiro atoms. The molecule has 0 fully saturated rings. The first kappa shape index (κ1) is 20.4. The van der Waals surface area contributed by atoms with Crippen molar-refractivity contribution in [3.05, 3.63) is 82.6 Å². The van der Waals surface area contributed by atoms with Gasteiger partial charge in [0.15, 0.2) is 5.76 Å². The predicted octanol–water partition coefficient (Wildman–Crippen LogP) is 4.04. The number of carbonyl (C=O) groups excluding carboxylic acids is 2. The highest BCUT2D eigenvalue weighted by molar-refractivity contribution is 6.07. The summed E-state index contributed by atoms with van der Waals surface area (Å²) in [4.78, 5) is 37.1. The Kier molecular flexibility index (Phi) is 5.58. The van der Waals surface area contributed by atoms with Gasteiger partial charge in [0.2, 0.25) is 0 Å². The van der Waals surface area contributed by atoms with E-state index in [0.717, 1.165) is 10.8 Å². The number of rotatable bonds is 6. The molecule has 4 aromatic rings. The zero-order chi connectivity index (χ0) is 22.0. The van der Waals surface area contributed by atoms with E-state index in [-0.39, 0.29) is 18.3 Å². The number of hydrogen-bond acceptors (Lipinski definition) is 6. The van der Waals surface area contributed by atoms with Gasteiger partial charge in [-0.2, -0.15) is 0 Å². The Bertz CT molecular complexity index is 1300. The maximum atomic E-state index is 12.8. The quantitative estimate of drug-likeness (QED) is 0.288. The molecular weight excluding hydrogens is 398 g/mol. The van der Waals surface area contributed by atoms with Gasteiger partial charge in [0.25, 0.3) is 5.91 Å². The summed E-state index contributed by atoms with van der Waals surface area (Å²) in [5.41, 5.74) is 0.431. The Hall–Kier alpha value is -3.87. The van der Waals surface area contributed by atoms with Crippen LogP contribution in [0, 0.1) is 5.92 Å². The second-order valence-electron chi connectivity index (χ2n) is 7.53. The number of furan rings is 1. The molecule has 31 heavy (non-hydrogen) atoms. The second kappa shape index (κ2) is 8.47. The zero-order valence-corrected chi connectivity index (χ0v) is 17.1. The number of amides is 1. The summed E-state index contributed by atoms with van der Waals surface area (Å²) in [6.07, 6.45) is 1.38. The van der Waals surface area contributed by atoms with Gasteiger partial charge in [-0.05, 0) is 34.9 Å². The zero-order valence-electron chi connectivity index (χ0n) is 17.1. The van der Waals surface area contributed by atoms with Crippen LogP contribution in [0.4, 0.5) is 0 Å². The first-order valence-corrected chi connectivity index (χ1v) is 9.89. The number of esters is 1. The van der Waals surface area contributed by atoms with Crippen molar-refractivity contribution < 1.29 is 23.2 Å². The smallest absolute Gasteiger partial charge is 0.336 e. The molecule has 0 radical (unpaired) electrons. The van der Waals surface area contributed by atoms with Crippen molar-refractivity contribution in [2.24, 2.45) is 5.92 Å². The average Bonchev–Trinajstić information content (AvgIpc) is 3.30. The Morgan fingerprint density at radius 2 is 1.87 bits per heavy atom. The molecule has 7 nitrogen and oxygen atoms in total. The van der Waals surface area contributed by atoms with Crippen molar-refractivity contribution in [1.29, 1.82) is 0 Å². The third-order valence-corrected chi connectivity index (χ3v) is 5.04. The molecule has 2 aromatic heterocycles. The molecule has 1 amide bonds. The molecule has 2 aromatic carbocycles. The van der Waals surface area contributed by atoms with Crippen LogP contribution in [0.3, 0.4) is 0 Å². The van der Waals surface area contributed by atoms with Crippen molar-refractivity contribution in [2.75, 3.05) is 0 Å². The minimum Gasteiger partial charge on any atom is -0.459 e. The first-order chi connectivity index (χ1) is 14.9. The molecule has 0 bridgehead atoms. The molecule has 158 valence electrons. The third-order valence-electron chi connectivity index (χ3n) is 5.04. The predicted molar refractivity (Wildman–Crippen MR) is 115 cm³/mol. The maximum Gasteiger partial charge on any atom is 0.336 e. The van der Waals surface area contributed by atoms with Crippen molar-refractivity contribution in [3.8, 4) is 0 Å². The number of fused-ring (bicyclic) bond motifs is 3. The lowest BCUT2D eigenvalue weighted by Crippen LogP contribution is -2.45. The van der Waals surface area contributed by atoms with E-state index < -0.39 is 23.5 Å². The topological polar surface area (TPSA) is 98.8 Å². The highest BCUT2D eigenvalue weighted by atomic mass is 16.5. The fourth-order valence-corrected chi connectivity index (χ4v) is 3.49. The van der Waals surface area contributed by atoms with E-state index in [2.05, 4.69) is 5.32 Å². The van der Waals surface area contributed by atoms with E-state index in [1.807, 2.05) is 30.3 Å². The first-order valence-electron chi connectivity index (χ1n) is 9.89. The SMILES string of the molecule is CC(C)[C@H](NC(=O)c1ccco1)C(=O)OCc1cc(=O)oc2ccc3ccccc3c12. The van der Waals surface area contributed by atoms with Crippen LogP contribution in [-0.4, -0.2) is 17.9 Å². The van der Waals surface area contributed by atoms with Crippen LogP contribution in [0.2, 0.25) is 0 Å². The van der Waals surface area contributed by atoms with Crippen molar-refractivity contribution in [3.63, 3.8) is 0 Å². The van der Waals surface area contributed by atoms with Gasteiger partial charge in [-0.3, -0.25) is 4.79 Å². The Morgan fingerprint density at radius 1 is 1.06 bits per heavy atom. The van der Waals surface area contributed by atoms with Crippen LogP contribution in [0.25, 0.3) is 21.7 Å². The molecule has 4 rings (SSSR count). The fraction of sp³-hybridized carbons (Fsp3) is 0.208. The van der Waals surface area contributed by atoms with E-state index in [4.69, 9.17) is 13.6 Å². The molecule has 0 saturated carbocycles. The molecule has 0 saturated heterocycles. The van der Waals surface area contributed by atoms with E-state index in [1.165, 1.54) is 18.4 Å². The molecule has 1 N–H and O–H groups in total. The van der Waals surface area contributed by atoms with E-state index in [0.29, 0.717) is 16.5 Å². The highest BCUT2D eigenvalue weighted by Crippen LogP contribution is 2.28. The molecule has 1 atom stereocenters. The number of carbonyl (C=O) groups is 2. The summed E-state index contributed by atoms with van der Waals surface area (Å²) in [7, 11) is 0. The number of hydrogen-bond donors (Lipinski definition) is 1. The highest BCUT2D eigenvalue weighted by Gasteiger charge is 2.27. The molecule has 0 aliphatic heterocycles. The van der Waals surface area contributed by atoms with Crippen LogP contribution in [-0.2, 0) is 16.1 Å². The lowest BCUT2D eigenvalue weighted by Gasteiger charge is -2.20. The van der Waals surface area contributed by atoms with Crippen LogP contribution in [0.15, 0.2) is 74.5 Å². The third kappa shape index (κ3) is 4.21. The van der Waals surface area contributed by atoms with Gasteiger partial charge in [-0.1, -0.05) is 44.2 Å². The largest absolute Gasteiger partial charge is 0.459 e. The average molecular weight is 419 g/mol. The van der Waals surface area contributed by atoms with E-state index in [1.54, 1.807) is 26.0 Å². The van der Waals surface area contributed by atoms with Crippen LogP contribution in [0.5, 0.6) is 0 Å². The standard InChI is InChI=1S/C24H21NO6/c1-14(2)22(25-23(27)19-8-5-11-29-19)24(28)30-13-16-12-20(26)31-18-10-9-15-6-3-4-7-17(15)21(16)18/h3-12,14,22H,13H2,1-2H3,(H,25,27)/t22-/m0/s1. The van der Waals surface area contributed by atoms with Gasteiger partial charge < -0.3 is 18.9 Å². The van der Waals surface area contributed by atoms with Gasteiger partial charge in [-0.15, -0.1) is 0 Å². The van der Waals surface area contributed by atoms with Crippen LogP contribution >= 0.6 is 0 Å². The van der Waals surface area contributed by atoms with Crippen LogP contribution < -0.4 is 10.9 Å². The van der Waals surface area contributed by atoms with Gasteiger partial charge in [0.1, 0.15) is 18.2 Å². The van der Waals surface area contributed by atoms with E-state index >= 15 is 0 Å². The van der Waals surface area contributed by atoms with Crippen LogP contribution in [0.1, 0.15) is 30.0 Å². The fourth-order valence-electron chi connectivity index (χ4n) is 3.49. The minimum atomic E-state index is -0.874. The van der Waals surface area contributed by atoms with Crippen molar-refractivity contribution in [1.82, 2.24) is 5.32 Å². The van der Waals surface area contributed by atoms with Crippen molar-refractivity contribution in [2.45, 2.75) is 26.5 Å². The van der Waals surface area contributed by atoms with Gasteiger partial charge >= 0.3 is 11.6 Å². The molecular formula is C24H21NO6. The number of ether oxygens (including phenoxy) is 1. The Morgan fingerprint density at radius 3 is 2.61 bits per heavy atom. The molecule has 0 aliphatic rings. The lowest BCUT2D eigenvalue weighted by atomic mass is 10.0. The summed E-state index contributed by atoms with van der Waals surface area (Å²) >= 11 is 0. The van der Waals surface area contributed by atoms with Gasteiger partial charge in [0, 0.05) is 17.0 Å². The van der Waals surface area contributed by atoms with E-state index in [9.17, 15) is 14.4 Å². The molecule has 7 heteroatoms. The monoisotopic (exact) mass is 419 g/mol. The summed E-state index contributed by atoms with van der Waals surface area (Å²) < 4.78 is 15.9. The summed E-state index contributed by atoms with van der Waals surface area (Å²) in [6.45, 7) is 3.47. The summed E-state index contributed by atoms with van der Waals surface area (Å²) in [6, 6.07) is 14.8. The Labute approximate surface area is 177 Å². The van der Waals surface area contributed by atoms with Crippen molar-refractivity contribution >= 4 is 33.6 Å². The normalized spacial score (nSPS) is 12.2. The Balaban J connectivity index is 1.60. The maximum absolute atomic E-state index is 12.8. The summed E-state index contributed by atoms with van der Waals surface area (Å²) in [5.74, 6) is -1.21. The lowest BCUT2D eigenvalue weighted by molar-refractivity contribution is -0.148. The van der Waals surface area contributed by atoms with Gasteiger partial charge in [0.05, 0.1) is 6.26 Å².